The monoisotopic (exact) mass is 238 g/mol. The normalized spacial score (nSPS) is 19.4. The highest BCUT2D eigenvalue weighted by atomic mass is 16.5. The van der Waals surface area contributed by atoms with Gasteiger partial charge in [-0.05, 0) is 25.7 Å². The molecule has 0 aromatic carbocycles. The van der Waals surface area contributed by atoms with E-state index in [0.29, 0.717) is 6.61 Å². The zero-order chi connectivity index (χ0) is 12.5. The fourth-order valence-electron chi connectivity index (χ4n) is 2.58. The molecule has 0 N–H and O–H groups in total. The molecule has 0 amide bonds. The van der Waals surface area contributed by atoms with Crippen LogP contribution in [0.5, 0.6) is 0 Å². The van der Waals surface area contributed by atoms with Crippen molar-refractivity contribution in [1.29, 1.82) is 0 Å². The number of rotatable bonds is 6. The third-order valence-electron chi connectivity index (χ3n) is 3.51. The molecule has 0 aromatic heterocycles. The number of ether oxygens (including phenoxy) is 1. The molecule has 0 aliphatic heterocycles. The van der Waals surface area contributed by atoms with E-state index in [4.69, 9.17) is 4.74 Å². The predicted octanol–water partition coefficient (Wildman–Crippen LogP) is 4.10. The second kappa shape index (κ2) is 8.32. The van der Waals surface area contributed by atoms with Crippen LogP contribution in [0.15, 0.2) is 12.2 Å². The minimum atomic E-state index is -0.0391. The maximum atomic E-state index is 11.8. The number of carbonyl (C=O) groups is 1. The second-order valence-corrected chi connectivity index (χ2v) is 4.93. The lowest BCUT2D eigenvalue weighted by molar-refractivity contribution is -0.146. The zero-order valence-corrected chi connectivity index (χ0v) is 11.3. The van der Waals surface area contributed by atoms with E-state index in [0.717, 1.165) is 18.8 Å². The lowest BCUT2D eigenvalue weighted by atomic mass is 9.82. The van der Waals surface area contributed by atoms with Crippen LogP contribution in [-0.2, 0) is 9.53 Å². The third kappa shape index (κ3) is 5.38. The Labute approximate surface area is 105 Å². The van der Waals surface area contributed by atoms with E-state index in [1.807, 2.05) is 13.0 Å². The quantitative estimate of drug-likeness (QED) is 0.514. The van der Waals surface area contributed by atoms with Crippen LogP contribution >= 0.6 is 0 Å². The molecule has 1 saturated carbocycles. The summed E-state index contributed by atoms with van der Waals surface area (Å²) in [6.45, 7) is 4.46. The highest BCUT2D eigenvalue weighted by molar-refractivity contribution is 5.74. The Morgan fingerprint density at radius 3 is 2.59 bits per heavy atom. The van der Waals surface area contributed by atoms with Crippen LogP contribution in [0.2, 0.25) is 0 Å². The van der Waals surface area contributed by atoms with Crippen molar-refractivity contribution in [2.75, 3.05) is 6.61 Å². The summed E-state index contributed by atoms with van der Waals surface area (Å²) in [5.41, 5.74) is 0. The molecule has 0 bridgehead atoms. The lowest BCUT2D eigenvalue weighted by Crippen LogP contribution is -2.20. The van der Waals surface area contributed by atoms with Crippen molar-refractivity contribution in [2.45, 2.75) is 58.8 Å². The van der Waals surface area contributed by atoms with Gasteiger partial charge in [0.1, 0.15) is 0 Å². The van der Waals surface area contributed by atoms with Gasteiger partial charge in [-0.15, -0.1) is 0 Å². The Bertz CT molecular complexity index is 239. The van der Waals surface area contributed by atoms with Crippen LogP contribution in [0.3, 0.4) is 0 Å². The van der Waals surface area contributed by atoms with Crippen molar-refractivity contribution in [1.82, 2.24) is 0 Å². The fourth-order valence-corrected chi connectivity index (χ4v) is 2.58. The van der Waals surface area contributed by atoms with E-state index in [2.05, 4.69) is 13.0 Å². The van der Waals surface area contributed by atoms with Crippen LogP contribution < -0.4 is 0 Å². The van der Waals surface area contributed by atoms with Gasteiger partial charge in [0.2, 0.25) is 0 Å². The molecular formula is C15H26O2. The first-order valence-corrected chi connectivity index (χ1v) is 7.11. The lowest BCUT2D eigenvalue weighted by Gasteiger charge is -2.24. The summed E-state index contributed by atoms with van der Waals surface area (Å²) < 4.78 is 5.15. The summed E-state index contributed by atoms with van der Waals surface area (Å²) in [5, 5.41) is 0. The third-order valence-corrected chi connectivity index (χ3v) is 3.51. The molecule has 0 radical (unpaired) electrons. The smallest absolute Gasteiger partial charge is 0.312 e. The van der Waals surface area contributed by atoms with Gasteiger partial charge in [0.05, 0.1) is 12.5 Å². The summed E-state index contributed by atoms with van der Waals surface area (Å²) >= 11 is 0. The summed E-state index contributed by atoms with van der Waals surface area (Å²) in [5.74, 6) is 0.667. The molecule has 1 fully saturated rings. The minimum Gasteiger partial charge on any atom is -0.466 e. The molecule has 1 atom stereocenters. The predicted molar refractivity (Wildman–Crippen MR) is 70.7 cm³/mol. The molecule has 1 rings (SSSR count). The fraction of sp³-hybridized carbons (Fsp3) is 0.800. The summed E-state index contributed by atoms with van der Waals surface area (Å²) in [6, 6.07) is 0. The largest absolute Gasteiger partial charge is 0.466 e. The molecule has 2 nitrogen and oxygen atoms in total. The van der Waals surface area contributed by atoms with Gasteiger partial charge in [0.15, 0.2) is 0 Å². The maximum absolute atomic E-state index is 11.8. The van der Waals surface area contributed by atoms with Gasteiger partial charge in [-0.2, -0.15) is 0 Å². The van der Waals surface area contributed by atoms with Gasteiger partial charge in [0.25, 0.3) is 0 Å². The summed E-state index contributed by atoms with van der Waals surface area (Å²) in [4.78, 5) is 11.8. The topological polar surface area (TPSA) is 26.3 Å². The first kappa shape index (κ1) is 14.3. The van der Waals surface area contributed by atoms with Crippen molar-refractivity contribution < 1.29 is 9.53 Å². The average molecular weight is 238 g/mol. The van der Waals surface area contributed by atoms with Gasteiger partial charge < -0.3 is 4.74 Å². The van der Waals surface area contributed by atoms with E-state index in [1.54, 1.807) is 0 Å². The van der Waals surface area contributed by atoms with Gasteiger partial charge >= 0.3 is 5.97 Å². The SMILES string of the molecule is CCC=CC(CC1CCCCC1)C(=O)OCC. The Morgan fingerprint density at radius 1 is 1.29 bits per heavy atom. The van der Waals surface area contributed by atoms with Crippen LogP contribution in [0, 0.1) is 11.8 Å². The van der Waals surface area contributed by atoms with Crippen molar-refractivity contribution in [3.8, 4) is 0 Å². The molecule has 1 unspecified atom stereocenters. The average Bonchev–Trinajstić information content (AvgIpc) is 2.36. The summed E-state index contributed by atoms with van der Waals surface area (Å²) in [7, 11) is 0. The molecule has 17 heavy (non-hydrogen) atoms. The van der Waals surface area contributed by atoms with Crippen molar-refractivity contribution in [3.05, 3.63) is 12.2 Å². The van der Waals surface area contributed by atoms with Gasteiger partial charge in [0, 0.05) is 0 Å². The van der Waals surface area contributed by atoms with Crippen molar-refractivity contribution in [2.24, 2.45) is 11.8 Å². The van der Waals surface area contributed by atoms with E-state index in [1.165, 1.54) is 32.1 Å². The highest BCUT2D eigenvalue weighted by Gasteiger charge is 2.23. The molecule has 1 aliphatic rings. The maximum Gasteiger partial charge on any atom is 0.312 e. The Kier molecular flexibility index (Phi) is 6.99. The molecule has 1 aliphatic carbocycles. The Balaban J connectivity index is 2.49. The minimum absolute atomic E-state index is 0.0157. The van der Waals surface area contributed by atoms with Gasteiger partial charge in [-0.1, -0.05) is 51.2 Å². The van der Waals surface area contributed by atoms with E-state index < -0.39 is 0 Å². The second-order valence-electron chi connectivity index (χ2n) is 4.93. The first-order valence-electron chi connectivity index (χ1n) is 7.11. The highest BCUT2D eigenvalue weighted by Crippen LogP contribution is 2.30. The standard InChI is InChI=1S/C15H26O2/c1-3-5-11-14(15(16)17-4-2)12-13-9-7-6-8-10-13/h5,11,13-14H,3-4,6-10,12H2,1-2H3. The molecular weight excluding hydrogens is 212 g/mol. The van der Waals surface area contributed by atoms with Crippen LogP contribution in [0.1, 0.15) is 58.8 Å². The molecule has 0 aromatic rings. The van der Waals surface area contributed by atoms with Crippen molar-refractivity contribution in [3.63, 3.8) is 0 Å². The first-order chi connectivity index (χ1) is 8.27. The Morgan fingerprint density at radius 2 is 2.00 bits per heavy atom. The van der Waals surface area contributed by atoms with E-state index in [-0.39, 0.29) is 11.9 Å². The van der Waals surface area contributed by atoms with E-state index in [9.17, 15) is 4.79 Å². The zero-order valence-electron chi connectivity index (χ0n) is 11.3. The molecule has 0 spiro atoms. The summed E-state index contributed by atoms with van der Waals surface area (Å²) in [6.07, 6.45) is 12.7. The van der Waals surface area contributed by atoms with Gasteiger partial charge in [-0.3, -0.25) is 4.79 Å². The number of hydrogen-bond donors (Lipinski definition) is 0. The van der Waals surface area contributed by atoms with Crippen LogP contribution in [0.25, 0.3) is 0 Å². The number of carbonyl (C=O) groups excluding carboxylic acids is 1. The Hall–Kier alpha value is -0.790. The molecule has 0 saturated heterocycles. The number of allylic oxidation sites excluding steroid dienone is 1. The number of hydrogen-bond acceptors (Lipinski definition) is 2. The van der Waals surface area contributed by atoms with Crippen molar-refractivity contribution >= 4 is 5.97 Å². The van der Waals surface area contributed by atoms with E-state index >= 15 is 0 Å². The molecule has 98 valence electrons. The van der Waals surface area contributed by atoms with Crippen LogP contribution in [-0.4, -0.2) is 12.6 Å². The molecule has 0 heterocycles. The van der Waals surface area contributed by atoms with Crippen LogP contribution in [0.4, 0.5) is 0 Å². The number of esters is 1. The van der Waals surface area contributed by atoms with Gasteiger partial charge in [-0.25, -0.2) is 0 Å². The molecule has 2 heteroatoms.